The summed E-state index contributed by atoms with van der Waals surface area (Å²) in [6.07, 6.45) is 7.16. The molecule has 1 fully saturated rings. The second kappa shape index (κ2) is 8.47. The van der Waals surface area contributed by atoms with E-state index >= 15 is 0 Å². The third-order valence-corrected chi connectivity index (χ3v) is 5.66. The van der Waals surface area contributed by atoms with Gasteiger partial charge >= 0.3 is 0 Å². The number of aliphatic hydroxyl groups excluding tert-OH is 1. The maximum absolute atomic E-state index is 9.93. The molecule has 0 amide bonds. The van der Waals surface area contributed by atoms with Gasteiger partial charge in [-0.05, 0) is 63.3 Å². The highest BCUT2D eigenvalue weighted by Gasteiger charge is 2.25. The first-order chi connectivity index (χ1) is 14.0. The Labute approximate surface area is 171 Å². The van der Waals surface area contributed by atoms with Crippen molar-refractivity contribution in [3.05, 3.63) is 42.0 Å². The lowest BCUT2D eigenvalue weighted by Gasteiger charge is -2.25. The van der Waals surface area contributed by atoms with Crippen molar-refractivity contribution in [2.45, 2.75) is 57.6 Å². The molecule has 4 rings (SSSR count). The zero-order chi connectivity index (χ0) is 20.4. The Kier molecular flexibility index (Phi) is 5.78. The quantitative estimate of drug-likeness (QED) is 0.664. The fraction of sp³-hybridized carbons (Fsp3) is 0.500. The Morgan fingerprint density at radius 2 is 2.03 bits per heavy atom. The van der Waals surface area contributed by atoms with Crippen LogP contribution in [-0.2, 0) is 4.74 Å². The van der Waals surface area contributed by atoms with Gasteiger partial charge in [0.2, 0.25) is 5.95 Å². The van der Waals surface area contributed by atoms with Crippen LogP contribution in [0.2, 0.25) is 0 Å². The molecule has 2 N–H and O–H groups in total. The van der Waals surface area contributed by atoms with Crippen LogP contribution in [0, 0.1) is 6.92 Å². The van der Waals surface area contributed by atoms with Gasteiger partial charge in [0, 0.05) is 42.2 Å². The van der Waals surface area contributed by atoms with Crippen LogP contribution in [0.25, 0.3) is 16.6 Å². The predicted molar refractivity (Wildman–Crippen MR) is 113 cm³/mol. The van der Waals surface area contributed by atoms with Gasteiger partial charge in [-0.1, -0.05) is 0 Å². The Morgan fingerprint density at radius 1 is 1.24 bits per heavy atom. The van der Waals surface area contributed by atoms with Gasteiger partial charge in [0.25, 0.3) is 0 Å². The van der Waals surface area contributed by atoms with Gasteiger partial charge in [0.1, 0.15) is 0 Å². The number of ether oxygens (including phenoxy) is 1. The molecule has 0 bridgehead atoms. The van der Waals surface area contributed by atoms with Crippen molar-refractivity contribution in [2.24, 2.45) is 0 Å². The normalized spacial score (nSPS) is 20.7. The third kappa shape index (κ3) is 4.26. The van der Waals surface area contributed by atoms with E-state index in [1.54, 1.807) is 7.11 Å². The number of pyridine rings is 1. The minimum absolute atomic E-state index is 0.114. The second-order valence-electron chi connectivity index (χ2n) is 8.05. The van der Waals surface area contributed by atoms with Crippen LogP contribution in [-0.4, -0.2) is 50.6 Å². The average molecular weight is 396 g/mol. The van der Waals surface area contributed by atoms with Gasteiger partial charge in [0.15, 0.2) is 0 Å². The first kappa shape index (κ1) is 19.8. The summed E-state index contributed by atoms with van der Waals surface area (Å²) in [6, 6.07) is 6.48. The number of methoxy groups -OCH3 is 1. The summed E-state index contributed by atoms with van der Waals surface area (Å²) < 4.78 is 7.24. The summed E-state index contributed by atoms with van der Waals surface area (Å²) >= 11 is 0. The molecule has 0 spiro atoms. The van der Waals surface area contributed by atoms with Crippen LogP contribution in [0.1, 0.15) is 49.9 Å². The first-order valence-electron chi connectivity index (χ1n) is 10.3. The smallest absolute Gasteiger partial charge is 0.241 e. The van der Waals surface area contributed by atoms with E-state index in [1.807, 2.05) is 36.8 Å². The molecule has 1 atom stereocenters. The number of hydrogen-bond donors (Lipinski definition) is 2. The van der Waals surface area contributed by atoms with Crippen LogP contribution in [0.3, 0.4) is 0 Å². The number of fused-ring (bicyclic) bond motifs is 1. The van der Waals surface area contributed by atoms with Crippen LogP contribution in [0.15, 0.2) is 30.6 Å². The SMILES string of the molecule is COCC(C)Nc1ncc2c(-c3ccnc(C)c3)cc(C3CCC(O)CC3)n2n1. The molecule has 1 saturated carbocycles. The minimum Gasteiger partial charge on any atom is -0.393 e. The van der Waals surface area contributed by atoms with E-state index in [9.17, 15) is 5.11 Å². The summed E-state index contributed by atoms with van der Waals surface area (Å²) in [5.74, 6) is 0.967. The van der Waals surface area contributed by atoms with Crippen LogP contribution in [0.5, 0.6) is 0 Å². The Bertz CT molecular complexity index is 978. The Morgan fingerprint density at radius 3 is 2.76 bits per heavy atom. The van der Waals surface area contributed by atoms with Crippen molar-refractivity contribution in [1.29, 1.82) is 0 Å². The fourth-order valence-electron chi connectivity index (χ4n) is 4.20. The highest BCUT2D eigenvalue weighted by Crippen LogP contribution is 2.37. The highest BCUT2D eigenvalue weighted by molar-refractivity contribution is 5.81. The summed E-state index contributed by atoms with van der Waals surface area (Å²) in [4.78, 5) is 8.88. The van der Waals surface area contributed by atoms with Gasteiger partial charge in [-0.25, -0.2) is 9.50 Å². The molecule has 3 heterocycles. The highest BCUT2D eigenvalue weighted by atomic mass is 16.5. The van der Waals surface area contributed by atoms with Gasteiger partial charge in [-0.2, -0.15) is 0 Å². The number of aliphatic hydroxyl groups is 1. The molecule has 0 saturated heterocycles. The maximum atomic E-state index is 9.93. The first-order valence-corrected chi connectivity index (χ1v) is 10.3. The van der Waals surface area contributed by atoms with E-state index in [-0.39, 0.29) is 12.1 Å². The molecule has 29 heavy (non-hydrogen) atoms. The largest absolute Gasteiger partial charge is 0.393 e. The van der Waals surface area contributed by atoms with Crippen LogP contribution >= 0.6 is 0 Å². The fourth-order valence-corrected chi connectivity index (χ4v) is 4.20. The summed E-state index contributed by atoms with van der Waals surface area (Å²) in [6.45, 7) is 4.63. The molecule has 3 aromatic heterocycles. The lowest BCUT2D eigenvalue weighted by Crippen LogP contribution is -2.23. The van der Waals surface area contributed by atoms with E-state index in [2.05, 4.69) is 27.4 Å². The molecule has 3 aromatic rings. The molecule has 0 aromatic carbocycles. The number of hydrogen-bond acceptors (Lipinski definition) is 6. The molecule has 0 radical (unpaired) electrons. The summed E-state index contributed by atoms with van der Waals surface area (Å²) in [7, 11) is 1.69. The topological polar surface area (TPSA) is 84.6 Å². The lowest BCUT2D eigenvalue weighted by molar-refractivity contribution is 0.121. The van der Waals surface area contributed by atoms with Crippen molar-refractivity contribution >= 4 is 11.5 Å². The molecule has 0 aliphatic heterocycles. The van der Waals surface area contributed by atoms with E-state index in [0.29, 0.717) is 18.5 Å². The maximum Gasteiger partial charge on any atom is 0.241 e. The Balaban J connectivity index is 1.78. The number of nitrogens with one attached hydrogen (secondary N) is 1. The van der Waals surface area contributed by atoms with E-state index in [4.69, 9.17) is 9.84 Å². The Hall–Kier alpha value is -2.51. The average Bonchev–Trinajstić information content (AvgIpc) is 3.08. The van der Waals surface area contributed by atoms with Crippen molar-refractivity contribution in [3.8, 4) is 11.1 Å². The minimum atomic E-state index is -0.179. The molecular formula is C22H29N5O2. The van der Waals surface area contributed by atoms with Crippen molar-refractivity contribution in [2.75, 3.05) is 19.0 Å². The monoisotopic (exact) mass is 395 g/mol. The molecule has 7 heteroatoms. The molecule has 1 unspecified atom stereocenters. The number of nitrogens with zero attached hydrogens (tertiary/aromatic N) is 4. The van der Waals surface area contributed by atoms with E-state index in [0.717, 1.165) is 48.0 Å². The predicted octanol–water partition coefficient (Wildman–Crippen LogP) is 3.57. The molecule has 154 valence electrons. The van der Waals surface area contributed by atoms with Gasteiger partial charge in [0.05, 0.1) is 24.4 Å². The van der Waals surface area contributed by atoms with Gasteiger partial charge < -0.3 is 15.2 Å². The number of aromatic nitrogens is 4. The van der Waals surface area contributed by atoms with E-state index in [1.165, 1.54) is 5.69 Å². The van der Waals surface area contributed by atoms with E-state index < -0.39 is 0 Å². The van der Waals surface area contributed by atoms with Crippen LogP contribution in [0.4, 0.5) is 5.95 Å². The zero-order valence-electron chi connectivity index (χ0n) is 17.3. The number of anilines is 1. The number of rotatable bonds is 6. The van der Waals surface area contributed by atoms with Crippen molar-refractivity contribution in [1.82, 2.24) is 19.6 Å². The molecule has 1 aliphatic carbocycles. The second-order valence-corrected chi connectivity index (χ2v) is 8.05. The third-order valence-electron chi connectivity index (χ3n) is 5.66. The lowest BCUT2D eigenvalue weighted by atomic mass is 9.85. The summed E-state index contributed by atoms with van der Waals surface area (Å²) in [5, 5.41) is 18.1. The van der Waals surface area contributed by atoms with Crippen LogP contribution < -0.4 is 5.32 Å². The van der Waals surface area contributed by atoms with Crippen molar-refractivity contribution < 1.29 is 9.84 Å². The van der Waals surface area contributed by atoms with Gasteiger partial charge in [-0.15, -0.1) is 5.10 Å². The summed E-state index contributed by atoms with van der Waals surface area (Å²) in [5.41, 5.74) is 5.39. The molecular weight excluding hydrogens is 366 g/mol. The number of aryl methyl sites for hydroxylation is 1. The molecule has 1 aliphatic rings. The zero-order valence-corrected chi connectivity index (χ0v) is 17.3. The standard InChI is InChI=1S/C22H29N5O2/c1-14-10-17(8-9-23-14)19-11-20(16-4-6-18(28)7-5-16)27-21(19)12-24-22(26-27)25-15(2)13-29-3/h8-12,15-16,18,28H,4-7,13H2,1-3H3,(H,25,26). The van der Waals surface area contributed by atoms with Gasteiger partial charge in [-0.3, -0.25) is 4.98 Å². The molecule has 7 nitrogen and oxygen atoms in total. The van der Waals surface area contributed by atoms with Crippen molar-refractivity contribution in [3.63, 3.8) is 0 Å².